The predicted octanol–water partition coefficient (Wildman–Crippen LogP) is 4.25. The molecule has 2 aliphatic heterocycles. The quantitative estimate of drug-likeness (QED) is 0.554. The van der Waals surface area contributed by atoms with E-state index in [1.807, 2.05) is 30.3 Å². The van der Waals surface area contributed by atoms with Crippen molar-refractivity contribution in [3.8, 4) is 11.5 Å². The second kappa shape index (κ2) is 8.42. The van der Waals surface area contributed by atoms with Gasteiger partial charge in [-0.3, -0.25) is 10.2 Å². The fourth-order valence-electron chi connectivity index (χ4n) is 2.92. The molecule has 2 aromatic carbocycles. The number of nitrogens with zero attached hydrogens (tertiary/aromatic N) is 2. The Morgan fingerprint density at radius 2 is 1.93 bits per heavy atom. The SMILES string of the molecule is CC1=CC2=NC(=O)/C(=C\c3ccc(OCCOc4ccccc4)c(Cl)c3)C(=N)N2O1. The van der Waals surface area contributed by atoms with Crippen LogP contribution in [0.5, 0.6) is 11.5 Å². The molecule has 2 heterocycles. The number of ether oxygens (including phenoxy) is 2. The van der Waals surface area contributed by atoms with Crippen LogP contribution in [-0.2, 0) is 9.63 Å². The number of rotatable bonds is 6. The van der Waals surface area contributed by atoms with Gasteiger partial charge >= 0.3 is 0 Å². The van der Waals surface area contributed by atoms with Crippen LogP contribution in [0.15, 0.2) is 70.9 Å². The number of aliphatic imine (C=N–C) groups is 1. The summed E-state index contributed by atoms with van der Waals surface area (Å²) < 4.78 is 11.3. The maximum Gasteiger partial charge on any atom is 0.282 e. The van der Waals surface area contributed by atoms with Gasteiger partial charge in [0.05, 0.1) is 10.6 Å². The standard InChI is InChI=1S/C22H18ClN3O4/c1-14-11-20-25-22(27)17(21(24)26(20)30-14)12-15-7-8-19(18(23)13-15)29-10-9-28-16-5-3-2-4-6-16/h2-8,11-13,24H,9-10H2,1H3/b17-12-,24-21?. The first-order valence-electron chi connectivity index (χ1n) is 9.21. The summed E-state index contributed by atoms with van der Waals surface area (Å²) in [6.07, 6.45) is 3.16. The molecular formula is C22H18ClN3O4. The van der Waals surface area contributed by atoms with Crippen molar-refractivity contribution in [2.45, 2.75) is 6.92 Å². The summed E-state index contributed by atoms with van der Waals surface area (Å²) in [6.45, 7) is 2.43. The Morgan fingerprint density at radius 1 is 1.17 bits per heavy atom. The van der Waals surface area contributed by atoms with Gasteiger partial charge in [-0.05, 0) is 42.8 Å². The monoisotopic (exact) mass is 423 g/mol. The van der Waals surface area contributed by atoms with Crippen molar-refractivity contribution in [2.75, 3.05) is 13.2 Å². The second-order valence-electron chi connectivity index (χ2n) is 6.52. The van der Waals surface area contributed by atoms with E-state index in [1.165, 1.54) is 5.06 Å². The number of benzene rings is 2. The van der Waals surface area contributed by atoms with Crippen molar-refractivity contribution in [3.63, 3.8) is 0 Å². The zero-order valence-corrected chi connectivity index (χ0v) is 16.8. The maximum absolute atomic E-state index is 12.3. The largest absolute Gasteiger partial charge is 0.490 e. The minimum Gasteiger partial charge on any atom is -0.490 e. The van der Waals surface area contributed by atoms with Crippen LogP contribution in [-0.4, -0.2) is 35.9 Å². The lowest BCUT2D eigenvalue weighted by atomic mass is 10.1. The summed E-state index contributed by atoms with van der Waals surface area (Å²) in [5.41, 5.74) is 0.756. The fraction of sp³-hybridized carbons (Fsp3) is 0.136. The molecule has 30 heavy (non-hydrogen) atoms. The molecule has 0 bridgehead atoms. The van der Waals surface area contributed by atoms with E-state index in [2.05, 4.69) is 4.99 Å². The molecule has 0 radical (unpaired) electrons. The van der Waals surface area contributed by atoms with Gasteiger partial charge in [-0.1, -0.05) is 35.9 Å². The third-order valence-electron chi connectivity index (χ3n) is 4.30. The number of carbonyl (C=O) groups excluding carboxylic acids is 1. The molecule has 0 unspecified atom stereocenters. The van der Waals surface area contributed by atoms with E-state index in [4.69, 9.17) is 31.3 Å². The molecule has 0 saturated carbocycles. The number of halogens is 1. The normalized spacial score (nSPS) is 16.7. The number of amidine groups is 2. The zero-order chi connectivity index (χ0) is 21.1. The lowest BCUT2D eigenvalue weighted by molar-refractivity contribution is -0.114. The Bertz CT molecular complexity index is 1090. The first kappa shape index (κ1) is 19.7. The third-order valence-corrected chi connectivity index (χ3v) is 4.60. The van der Waals surface area contributed by atoms with Crippen molar-refractivity contribution in [3.05, 3.63) is 76.5 Å². The van der Waals surface area contributed by atoms with Gasteiger partial charge in [0.25, 0.3) is 5.91 Å². The highest BCUT2D eigenvalue weighted by Crippen LogP contribution is 2.28. The number of fused-ring (bicyclic) bond motifs is 1. The van der Waals surface area contributed by atoms with Crippen LogP contribution in [0.2, 0.25) is 5.02 Å². The number of hydrogen-bond donors (Lipinski definition) is 1. The average Bonchev–Trinajstić information content (AvgIpc) is 3.11. The number of allylic oxidation sites excluding steroid dienone is 1. The number of carbonyl (C=O) groups is 1. The van der Waals surface area contributed by atoms with Crippen LogP contribution >= 0.6 is 11.6 Å². The molecule has 0 aromatic heterocycles. The van der Waals surface area contributed by atoms with Gasteiger partial charge in [-0.15, -0.1) is 5.06 Å². The van der Waals surface area contributed by atoms with Gasteiger partial charge in [0.2, 0.25) is 0 Å². The molecule has 152 valence electrons. The highest BCUT2D eigenvalue weighted by atomic mass is 35.5. The predicted molar refractivity (Wildman–Crippen MR) is 114 cm³/mol. The molecule has 0 aliphatic carbocycles. The van der Waals surface area contributed by atoms with E-state index in [0.29, 0.717) is 41.1 Å². The molecule has 2 aromatic rings. The van der Waals surface area contributed by atoms with Crippen LogP contribution in [0, 0.1) is 5.41 Å². The van der Waals surface area contributed by atoms with Crippen molar-refractivity contribution < 1.29 is 19.1 Å². The first-order chi connectivity index (χ1) is 14.5. The summed E-state index contributed by atoms with van der Waals surface area (Å²) in [4.78, 5) is 21.7. The molecule has 1 amide bonds. The van der Waals surface area contributed by atoms with E-state index in [9.17, 15) is 4.79 Å². The van der Waals surface area contributed by atoms with Gasteiger partial charge < -0.3 is 14.3 Å². The minimum absolute atomic E-state index is 0.0763. The summed E-state index contributed by atoms with van der Waals surface area (Å²) in [7, 11) is 0. The second-order valence-corrected chi connectivity index (χ2v) is 6.93. The molecule has 8 heteroatoms. The smallest absolute Gasteiger partial charge is 0.282 e. The van der Waals surface area contributed by atoms with Crippen LogP contribution in [0.4, 0.5) is 0 Å². The van der Waals surface area contributed by atoms with Crippen molar-refractivity contribution in [2.24, 2.45) is 4.99 Å². The molecule has 1 N–H and O–H groups in total. The molecule has 0 saturated heterocycles. The number of amides is 1. The number of hydroxylamine groups is 2. The average molecular weight is 424 g/mol. The van der Waals surface area contributed by atoms with E-state index in [-0.39, 0.29) is 11.4 Å². The highest BCUT2D eigenvalue weighted by molar-refractivity contribution is 6.33. The summed E-state index contributed by atoms with van der Waals surface area (Å²) in [6, 6.07) is 14.6. The van der Waals surface area contributed by atoms with Gasteiger partial charge in [0, 0.05) is 6.08 Å². The third kappa shape index (κ3) is 4.21. The summed E-state index contributed by atoms with van der Waals surface area (Å²) >= 11 is 6.32. The van der Waals surface area contributed by atoms with E-state index in [1.54, 1.807) is 37.3 Å². The van der Waals surface area contributed by atoms with Crippen molar-refractivity contribution in [1.29, 1.82) is 5.41 Å². The molecule has 0 fully saturated rings. The minimum atomic E-state index is -0.504. The van der Waals surface area contributed by atoms with E-state index < -0.39 is 5.91 Å². The topological polar surface area (TPSA) is 84.2 Å². The van der Waals surface area contributed by atoms with Gasteiger partial charge in [-0.25, -0.2) is 0 Å². The van der Waals surface area contributed by atoms with Crippen molar-refractivity contribution >= 4 is 35.3 Å². The maximum atomic E-state index is 12.3. The van der Waals surface area contributed by atoms with Crippen LogP contribution in [0.1, 0.15) is 12.5 Å². The van der Waals surface area contributed by atoms with Gasteiger partial charge in [-0.2, -0.15) is 4.99 Å². The molecule has 2 aliphatic rings. The Balaban J connectivity index is 1.41. The lowest BCUT2D eigenvalue weighted by Crippen LogP contribution is -2.38. The van der Waals surface area contributed by atoms with Gasteiger partial charge in [0.15, 0.2) is 11.7 Å². The Hall–Kier alpha value is -3.58. The summed E-state index contributed by atoms with van der Waals surface area (Å²) in [5.74, 6) is 1.56. The van der Waals surface area contributed by atoms with Gasteiger partial charge in [0.1, 0.15) is 30.5 Å². The molecule has 0 spiro atoms. The number of nitrogens with one attached hydrogen (secondary N) is 1. The van der Waals surface area contributed by atoms with Crippen LogP contribution in [0.3, 0.4) is 0 Å². The van der Waals surface area contributed by atoms with Crippen LogP contribution in [0.25, 0.3) is 6.08 Å². The van der Waals surface area contributed by atoms with Crippen molar-refractivity contribution in [1.82, 2.24) is 5.06 Å². The van der Waals surface area contributed by atoms with E-state index in [0.717, 1.165) is 5.75 Å². The fourth-order valence-corrected chi connectivity index (χ4v) is 3.16. The molecule has 4 rings (SSSR count). The Morgan fingerprint density at radius 3 is 2.70 bits per heavy atom. The molecular weight excluding hydrogens is 406 g/mol. The number of hydrogen-bond acceptors (Lipinski definition) is 5. The van der Waals surface area contributed by atoms with Crippen LogP contribution < -0.4 is 9.47 Å². The molecule has 7 nitrogen and oxygen atoms in total. The van der Waals surface area contributed by atoms with E-state index >= 15 is 0 Å². The molecule has 0 atom stereocenters. The Kier molecular flexibility index (Phi) is 5.54. The highest BCUT2D eigenvalue weighted by Gasteiger charge is 2.34. The summed E-state index contributed by atoms with van der Waals surface area (Å²) in [5, 5.41) is 9.85. The first-order valence-corrected chi connectivity index (χ1v) is 9.59. The lowest BCUT2D eigenvalue weighted by Gasteiger charge is -2.23. The number of para-hydroxylation sites is 1. The zero-order valence-electron chi connectivity index (χ0n) is 16.1. The Labute approximate surface area is 178 Å².